The Balaban J connectivity index is 2.44. The number of aromatic nitrogens is 3. The van der Waals surface area contributed by atoms with Crippen LogP contribution in [0.4, 0.5) is 4.39 Å². The average Bonchev–Trinajstić information content (AvgIpc) is 2.78. The molecule has 0 fully saturated rings. The summed E-state index contributed by atoms with van der Waals surface area (Å²) in [4.78, 5) is 0. The van der Waals surface area contributed by atoms with E-state index >= 15 is 0 Å². The minimum absolute atomic E-state index is 0.386. The first-order chi connectivity index (χ1) is 7.72. The molecule has 1 atom stereocenters. The van der Waals surface area contributed by atoms with Gasteiger partial charge in [-0.15, -0.1) is 0 Å². The van der Waals surface area contributed by atoms with Crippen molar-refractivity contribution in [1.82, 2.24) is 20.8 Å². The van der Waals surface area contributed by atoms with Gasteiger partial charge in [0.15, 0.2) is 0 Å². The first-order valence-corrected chi connectivity index (χ1v) is 4.87. The molecule has 0 aliphatic rings. The predicted molar refractivity (Wildman–Crippen MR) is 57.0 cm³/mol. The smallest absolute Gasteiger partial charge is 0.123 e. The summed E-state index contributed by atoms with van der Waals surface area (Å²) in [5.74, 6) is 5.02. The summed E-state index contributed by atoms with van der Waals surface area (Å²) in [6.45, 7) is 0. The molecule has 0 radical (unpaired) electrons. The molecule has 1 aromatic heterocycles. The van der Waals surface area contributed by atoms with Crippen molar-refractivity contribution in [3.63, 3.8) is 0 Å². The van der Waals surface area contributed by atoms with E-state index in [4.69, 9.17) is 17.4 Å². The van der Waals surface area contributed by atoms with Crippen LogP contribution in [0.1, 0.15) is 17.3 Å². The van der Waals surface area contributed by atoms with Gasteiger partial charge in [0.05, 0.1) is 12.2 Å². The van der Waals surface area contributed by atoms with Gasteiger partial charge in [-0.3, -0.25) is 5.84 Å². The van der Waals surface area contributed by atoms with Crippen molar-refractivity contribution in [2.75, 3.05) is 0 Å². The number of hydrogen-bond donors (Lipinski definition) is 3. The van der Waals surface area contributed by atoms with E-state index < -0.39 is 6.04 Å². The predicted octanol–water partition coefficient (Wildman–Crippen LogP) is 1.15. The molecule has 2 rings (SSSR count). The highest BCUT2D eigenvalue weighted by Crippen LogP contribution is 2.26. The SMILES string of the molecule is NNC(c1cn[nH]n1)c1cc(F)ccc1Cl. The quantitative estimate of drug-likeness (QED) is 0.556. The van der Waals surface area contributed by atoms with E-state index in [0.29, 0.717) is 16.3 Å². The second-order valence-electron chi connectivity index (χ2n) is 3.16. The summed E-state index contributed by atoms with van der Waals surface area (Å²) in [6, 6.07) is 3.56. The maximum absolute atomic E-state index is 13.1. The average molecular weight is 242 g/mol. The lowest BCUT2D eigenvalue weighted by atomic mass is 10.0. The van der Waals surface area contributed by atoms with Gasteiger partial charge < -0.3 is 0 Å². The Morgan fingerprint density at radius 1 is 1.50 bits per heavy atom. The fourth-order valence-electron chi connectivity index (χ4n) is 1.42. The minimum Gasteiger partial charge on any atom is -0.271 e. The molecule has 0 spiro atoms. The first kappa shape index (κ1) is 11.0. The van der Waals surface area contributed by atoms with Crippen LogP contribution >= 0.6 is 11.6 Å². The zero-order valence-corrected chi connectivity index (χ0v) is 8.87. The van der Waals surface area contributed by atoms with E-state index in [2.05, 4.69) is 20.8 Å². The van der Waals surface area contributed by atoms with Crippen LogP contribution in [0.25, 0.3) is 0 Å². The number of benzene rings is 1. The minimum atomic E-state index is -0.498. The van der Waals surface area contributed by atoms with Crippen LogP contribution in [0.2, 0.25) is 5.02 Å². The molecule has 0 saturated carbocycles. The second kappa shape index (κ2) is 4.56. The molecule has 84 valence electrons. The Hall–Kier alpha value is -1.50. The van der Waals surface area contributed by atoms with E-state index in [0.717, 1.165) is 0 Å². The van der Waals surface area contributed by atoms with Gasteiger partial charge in [-0.2, -0.15) is 15.4 Å². The second-order valence-corrected chi connectivity index (χ2v) is 3.57. The molecule has 0 saturated heterocycles. The van der Waals surface area contributed by atoms with Crippen LogP contribution in [-0.4, -0.2) is 15.4 Å². The third-order valence-electron chi connectivity index (χ3n) is 2.17. The topological polar surface area (TPSA) is 79.6 Å². The van der Waals surface area contributed by atoms with E-state index in [-0.39, 0.29) is 5.82 Å². The molecule has 2 aromatic rings. The Kier molecular flexibility index (Phi) is 3.14. The van der Waals surface area contributed by atoms with E-state index in [9.17, 15) is 4.39 Å². The fourth-order valence-corrected chi connectivity index (χ4v) is 1.65. The van der Waals surface area contributed by atoms with E-state index in [1.165, 1.54) is 24.4 Å². The lowest BCUT2D eigenvalue weighted by Crippen LogP contribution is -2.29. The van der Waals surface area contributed by atoms with Crippen LogP contribution in [-0.2, 0) is 0 Å². The maximum atomic E-state index is 13.1. The lowest BCUT2D eigenvalue weighted by Gasteiger charge is -2.14. The number of halogens is 2. The van der Waals surface area contributed by atoms with Crippen molar-refractivity contribution in [2.45, 2.75) is 6.04 Å². The van der Waals surface area contributed by atoms with Crippen molar-refractivity contribution in [3.8, 4) is 0 Å². The lowest BCUT2D eigenvalue weighted by molar-refractivity contribution is 0.597. The Morgan fingerprint density at radius 3 is 2.94 bits per heavy atom. The maximum Gasteiger partial charge on any atom is 0.123 e. The molecule has 0 bridgehead atoms. The van der Waals surface area contributed by atoms with Crippen molar-refractivity contribution >= 4 is 11.6 Å². The van der Waals surface area contributed by atoms with Gasteiger partial charge in [-0.1, -0.05) is 11.6 Å². The third kappa shape index (κ3) is 2.04. The van der Waals surface area contributed by atoms with Crippen LogP contribution in [0, 0.1) is 5.82 Å². The monoisotopic (exact) mass is 241 g/mol. The van der Waals surface area contributed by atoms with Gasteiger partial charge in [0, 0.05) is 5.02 Å². The largest absolute Gasteiger partial charge is 0.271 e. The fraction of sp³-hybridized carbons (Fsp3) is 0.111. The number of hydrazine groups is 1. The van der Waals surface area contributed by atoms with Crippen LogP contribution in [0.5, 0.6) is 0 Å². The summed E-state index contributed by atoms with van der Waals surface area (Å²) in [6.07, 6.45) is 1.49. The van der Waals surface area contributed by atoms with Crippen molar-refractivity contribution < 1.29 is 4.39 Å². The molecule has 0 aliphatic heterocycles. The summed E-state index contributed by atoms with van der Waals surface area (Å²) < 4.78 is 13.1. The molecule has 1 unspecified atom stereocenters. The van der Waals surface area contributed by atoms with Crippen LogP contribution < -0.4 is 11.3 Å². The van der Waals surface area contributed by atoms with Crippen LogP contribution in [0.15, 0.2) is 24.4 Å². The highest BCUT2D eigenvalue weighted by atomic mass is 35.5. The normalized spacial score (nSPS) is 12.7. The first-order valence-electron chi connectivity index (χ1n) is 4.49. The highest BCUT2D eigenvalue weighted by molar-refractivity contribution is 6.31. The molecule has 5 nitrogen and oxygen atoms in total. The summed E-state index contributed by atoms with van der Waals surface area (Å²) in [5, 5.41) is 10.4. The highest BCUT2D eigenvalue weighted by Gasteiger charge is 2.18. The van der Waals surface area contributed by atoms with Gasteiger partial charge in [0.2, 0.25) is 0 Å². The molecular weight excluding hydrogens is 233 g/mol. The molecule has 0 amide bonds. The van der Waals surface area contributed by atoms with E-state index in [1.807, 2.05) is 0 Å². The molecular formula is C9H9ClFN5. The zero-order valence-electron chi connectivity index (χ0n) is 8.11. The van der Waals surface area contributed by atoms with Gasteiger partial charge in [-0.05, 0) is 23.8 Å². The number of nitrogens with one attached hydrogen (secondary N) is 2. The van der Waals surface area contributed by atoms with Gasteiger partial charge in [0.25, 0.3) is 0 Å². The molecule has 16 heavy (non-hydrogen) atoms. The zero-order chi connectivity index (χ0) is 11.5. The Bertz CT molecular complexity index is 473. The number of H-pyrrole nitrogens is 1. The van der Waals surface area contributed by atoms with E-state index in [1.54, 1.807) is 0 Å². The standard InChI is InChI=1S/C9H9ClFN5/c10-7-2-1-5(11)3-6(7)9(14-12)8-4-13-16-15-8/h1-4,9,14H,12H2,(H,13,15,16). The molecule has 1 aromatic carbocycles. The number of nitrogens with two attached hydrogens (primary N) is 1. The number of rotatable bonds is 3. The molecule has 0 aliphatic carbocycles. The van der Waals surface area contributed by atoms with Crippen molar-refractivity contribution in [3.05, 3.63) is 46.5 Å². The third-order valence-corrected chi connectivity index (χ3v) is 2.51. The van der Waals surface area contributed by atoms with Crippen molar-refractivity contribution in [1.29, 1.82) is 0 Å². The van der Waals surface area contributed by atoms with Gasteiger partial charge in [-0.25, -0.2) is 9.82 Å². The number of nitrogens with zero attached hydrogens (tertiary/aromatic N) is 2. The van der Waals surface area contributed by atoms with Crippen molar-refractivity contribution in [2.24, 2.45) is 5.84 Å². The number of hydrogen-bond acceptors (Lipinski definition) is 4. The Morgan fingerprint density at radius 2 is 2.31 bits per heavy atom. The summed E-state index contributed by atoms with van der Waals surface area (Å²) >= 11 is 5.97. The summed E-state index contributed by atoms with van der Waals surface area (Å²) in [7, 11) is 0. The van der Waals surface area contributed by atoms with Gasteiger partial charge in [0.1, 0.15) is 11.5 Å². The number of aromatic amines is 1. The molecule has 1 heterocycles. The molecule has 4 N–H and O–H groups in total. The Labute approximate surface area is 95.8 Å². The van der Waals surface area contributed by atoms with Gasteiger partial charge >= 0.3 is 0 Å². The summed E-state index contributed by atoms with van der Waals surface area (Å²) in [5.41, 5.74) is 3.56. The molecule has 7 heteroatoms. The van der Waals surface area contributed by atoms with Crippen LogP contribution in [0.3, 0.4) is 0 Å².